The van der Waals surface area contributed by atoms with Gasteiger partial charge >= 0.3 is 5.97 Å². The Morgan fingerprint density at radius 1 is 1.29 bits per heavy atom. The van der Waals surface area contributed by atoms with Crippen LogP contribution in [0.25, 0.3) is 0 Å². The van der Waals surface area contributed by atoms with E-state index in [2.05, 4.69) is 33.9 Å². The van der Waals surface area contributed by atoms with Crippen LogP contribution >= 0.6 is 11.6 Å². The minimum Gasteiger partial charge on any atom is -0.469 e. The fourth-order valence-corrected chi connectivity index (χ4v) is 3.75. The summed E-state index contributed by atoms with van der Waals surface area (Å²) in [5.41, 5.74) is 0. The van der Waals surface area contributed by atoms with E-state index in [4.69, 9.17) is 20.8 Å². The lowest BCUT2D eigenvalue weighted by atomic mass is 9.92. The van der Waals surface area contributed by atoms with Gasteiger partial charge in [-0.25, -0.2) is 0 Å². The van der Waals surface area contributed by atoms with Gasteiger partial charge in [-0.2, -0.15) is 0 Å². The van der Waals surface area contributed by atoms with Gasteiger partial charge in [-0.3, -0.25) is 9.59 Å². The maximum atomic E-state index is 12.5. The lowest BCUT2D eigenvalue weighted by molar-refractivity contribution is -0.150. The zero-order chi connectivity index (χ0) is 18.7. The van der Waals surface area contributed by atoms with E-state index < -0.39 is 13.7 Å². The van der Waals surface area contributed by atoms with E-state index in [1.54, 1.807) is 11.8 Å². The van der Waals surface area contributed by atoms with E-state index in [0.29, 0.717) is 19.6 Å². The van der Waals surface area contributed by atoms with Crippen LogP contribution in [0, 0.1) is 5.92 Å². The Bertz CT molecular complexity index is 462. The first kappa shape index (κ1) is 21.4. The Kier molecular flexibility index (Phi) is 7.32. The quantitative estimate of drug-likeness (QED) is 0.418. The Morgan fingerprint density at radius 2 is 1.88 bits per heavy atom. The number of hydrogen-bond acceptors (Lipinski definition) is 4. The molecule has 1 aliphatic heterocycles. The van der Waals surface area contributed by atoms with Gasteiger partial charge in [-0.1, -0.05) is 20.8 Å². The van der Waals surface area contributed by atoms with Crippen LogP contribution < -0.4 is 0 Å². The van der Waals surface area contributed by atoms with Crippen molar-refractivity contribution in [2.24, 2.45) is 5.92 Å². The molecule has 0 spiro atoms. The molecule has 24 heavy (non-hydrogen) atoms. The Morgan fingerprint density at radius 3 is 2.33 bits per heavy atom. The summed E-state index contributed by atoms with van der Waals surface area (Å²) in [4.78, 5) is 26.0. The molecule has 1 fully saturated rings. The second-order valence-corrected chi connectivity index (χ2v) is 13.6. The van der Waals surface area contributed by atoms with E-state index in [1.807, 2.05) is 0 Å². The number of rotatable bonds is 5. The van der Waals surface area contributed by atoms with Gasteiger partial charge in [0.05, 0.1) is 25.7 Å². The minimum atomic E-state index is -1.89. The number of halogens is 1. The number of nitrogens with zero attached hydrogens (tertiary/aromatic N) is 1. The van der Waals surface area contributed by atoms with E-state index in [1.165, 1.54) is 7.11 Å². The second-order valence-electron chi connectivity index (χ2n) is 8.13. The first-order valence-electron chi connectivity index (χ1n) is 8.57. The third kappa shape index (κ3) is 5.20. The maximum absolute atomic E-state index is 12.5. The number of hydrogen-bond donors (Lipinski definition) is 0. The number of alkyl halides is 1. The first-order chi connectivity index (χ1) is 10.9. The van der Waals surface area contributed by atoms with Crippen molar-refractivity contribution in [1.29, 1.82) is 0 Å². The fraction of sp³-hybridized carbons (Fsp3) is 0.882. The van der Waals surface area contributed by atoms with Crippen LogP contribution in [0.5, 0.6) is 0 Å². The number of carbonyl (C=O) groups excluding carboxylic acids is 2. The summed E-state index contributed by atoms with van der Waals surface area (Å²) >= 11 is 6.01. The molecule has 1 aliphatic rings. The molecule has 140 valence electrons. The molecule has 0 aliphatic carbocycles. The number of likely N-dealkylation sites (tertiary alicyclic amines) is 1. The van der Waals surface area contributed by atoms with Gasteiger partial charge in [-0.05, 0) is 37.9 Å². The SMILES string of the molecule is COC(=O)[C@@H]1CC[C@@H](CO[Si](C)(C)C(C)(C)C)N(C(=O)C(C)Cl)C1. The first-order valence-corrected chi connectivity index (χ1v) is 11.9. The van der Waals surface area contributed by atoms with Crippen molar-refractivity contribution >= 4 is 31.8 Å². The van der Waals surface area contributed by atoms with Gasteiger partial charge < -0.3 is 14.1 Å². The summed E-state index contributed by atoms with van der Waals surface area (Å²) in [6, 6.07) is -0.0336. The van der Waals surface area contributed by atoms with Gasteiger partial charge in [0.15, 0.2) is 8.32 Å². The number of esters is 1. The van der Waals surface area contributed by atoms with Gasteiger partial charge in [0, 0.05) is 6.54 Å². The standard InChI is InChI=1S/C17H32ClNO4Si/c1-12(18)15(20)19-10-13(16(21)22-5)8-9-14(19)11-23-24(6,7)17(2,3)4/h12-14H,8-11H2,1-7H3/t12?,13-,14+/m1/s1. The molecule has 1 saturated heterocycles. The Hall–Kier alpha value is -0.593. The van der Waals surface area contributed by atoms with Crippen molar-refractivity contribution in [3.8, 4) is 0 Å². The van der Waals surface area contributed by atoms with Crippen molar-refractivity contribution in [2.45, 2.75) is 70.1 Å². The van der Waals surface area contributed by atoms with Gasteiger partial charge in [0.2, 0.25) is 5.91 Å². The molecule has 0 aromatic rings. The van der Waals surface area contributed by atoms with Gasteiger partial charge in [-0.15, -0.1) is 11.6 Å². The van der Waals surface area contributed by atoms with Crippen LogP contribution in [0.1, 0.15) is 40.5 Å². The predicted molar refractivity (Wildman–Crippen MR) is 98.7 cm³/mol. The summed E-state index contributed by atoms with van der Waals surface area (Å²) < 4.78 is 11.1. The summed E-state index contributed by atoms with van der Waals surface area (Å²) in [5.74, 6) is -0.689. The van der Waals surface area contributed by atoms with Crippen LogP contribution in [0.15, 0.2) is 0 Å². The van der Waals surface area contributed by atoms with E-state index in [-0.39, 0.29) is 28.9 Å². The molecule has 0 radical (unpaired) electrons. The van der Waals surface area contributed by atoms with Crippen molar-refractivity contribution < 1.29 is 18.8 Å². The van der Waals surface area contributed by atoms with Crippen LogP contribution in [0.3, 0.4) is 0 Å². The molecule has 0 saturated carbocycles. The minimum absolute atomic E-state index is 0.0336. The average Bonchev–Trinajstić information content (AvgIpc) is 2.50. The van der Waals surface area contributed by atoms with Crippen LogP contribution in [-0.4, -0.2) is 56.8 Å². The molecule has 1 unspecified atom stereocenters. The molecule has 1 heterocycles. The van der Waals surface area contributed by atoms with Crippen LogP contribution in [-0.2, 0) is 18.8 Å². The monoisotopic (exact) mass is 377 g/mol. The van der Waals surface area contributed by atoms with E-state index in [0.717, 1.165) is 6.42 Å². The van der Waals surface area contributed by atoms with Crippen molar-refractivity contribution in [1.82, 2.24) is 4.90 Å². The highest BCUT2D eigenvalue weighted by atomic mass is 35.5. The molecular weight excluding hydrogens is 346 g/mol. The predicted octanol–water partition coefficient (Wildman–Crippen LogP) is 3.42. The highest BCUT2D eigenvalue weighted by Gasteiger charge is 2.41. The zero-order valence-corrected chi connectivity index (χ0v) is 17.8. The van der Waals surface area contributed by atoms with Crippen LogP contribution in [0.4, 0.5) is 0 Å². The molecule has 0 bridgehead atoms. The molecule has 7 heteroatoms. The lowest BCUT2D eigenvalue weighted by Crippen LogP contribution is -2.54. The third-order valence-electron chi connectivity index (χ3n) is 5.31. The summed E-state index contributed by atoms with van der Waals surface area (Å²) in [7, 11) is -0.508. The second kappa shape index (κ2) is 8.19. The normalized spacial score (nSPS) is 23.8. The molecular formula is C17H32ClNO4Si. The molecule has 0 N–H and O–H groups in total. The van der Waals surface area contributed by atoms with E-state index >= 15 is 0 Å². The van der Waals surface area contributed by atoms with Crippen molar-refractivity contribution in [3.63, 3.8) is 0 Å². The molecule has 1 rings (SSSR count). The molecule has 0 aromatic carbocycles. The fourth-order valence-electron chi connectivity index (χ4n) is 2.58. The van der Waals surface area contributed by atoms with Crippen molar-refractivity contribution in [3.05, 3.63) is 0 Å². The van der Waals surface area contributed by atoms with Gasteiger partial charge in [0.1, 0.15) is 5.38 Å². The summed E-state index contributed by atoms with van der Waals surface area (Å²) in [6.45, 7) is 13.5. The molecule has 0 aromatic heterocycles. The number of carbonyl (C=O) groups is 2. The topological polar surface area (TPSA) is 55.8 Å². The highest BCUT2D eigenvalue weighted by Crippen LogP contribution is 2.37. The largest absolute Gasteiger partial charge is 0.469 e. The Balaban J connectivity index is 2.84. The third-order valence-corrected chi connectivity index (χ3v) is 9.99. The average molecular weight is 378 g/mol. The van der Waals surface area contributed by atoms with Crippen LogP contribution in [0.2, 0.25) is 18.1 Å². The molecule has 3 atom stereocenters. The van der Waals surface area contributed by atoms with E-state index in [9.17, 15) is 9.59 Å². The smallest absolute Gasteiger partial charge is 0.310 e. The summed E-state index contributed by atoms with van der Waals surface area (Å²) in [6.07, 6.45) is 1.43. The Labute approximate surface area is 152 Å². The van der Waals surface area contributed by atoms with Crippen molar-refractivity contribution in [2.75, 3.05) is 20.3 Å². The maximum Gasteiger partial charge on any atom is 0.310 e. The number of piperidine rings is 1. The molecule has 1 amide bonds. The number of ether oxygens (including phenoxy) is 1. The number of methoxy groups -OCH3 is 1. The zero-order valence-electron chi connectivity index (χ0n) is 16.0. The van der Waals surface area contributed by atoms with Gasteiger partial charge in [0.25, 0.3) is 0 Å². The summed E-state index contributed by atoms with van der Waals surface area (Å²) in [5, 5.41) is -0.498. The highest BCUT2D eigenvalue weighted by molar-refractivity contribution is 6.74. The molecule has 5 nitrogen and oxygen atoms in total. The number of amides is 1. The lowest BCUT2D eigenvalue weighted by Gasteiger charge is -2.42.